The van der Waals surface area contributed by atoms with Crippen molar-refractivity contribution in [3.05, 3.63) is 12.7 Å². The van der Waals surface area contributed by atoms with Gasteiger partial charge in [-0.15, -0.1) is 6.58 Å². The summed E-state index contributed by atoms with van der Waals surface area (Å²) in [5, 5.41) is 8.81. The van der Waals surface area contributed by atoms with Gasteiger partial charge in [-0.2, -0.15) is 0 Å². The third kappa shape index (κ3) is 2.66. The number of aliphatic carboxylic acids is 1. The van der Waals surface area contributed by atoms with Gasteiger partial charge in [-0.1, -0.05) is 6.08 Å². The Morgan fingerprint density at radius 1 is 1.29 bits per heavy atom. The largest absolute Gasteiger partial charge is 0.479 e. The molecule has 0 aromatic heterocycles. The van der Waals surface area contributed by atoms with Crippen LogP contribution in [0.15, 0.2) is 12.7 Å². The van der Waals surface area contributed by atoms with E-state index in [0.29, 0.717) is 25.4 Å². The van der Waals surface area contributed by atoms with E-state index in [1.165, 1.54) is 0 Å². The summed E-state index contributed by atoms with van der Waals surface area (Å²) in [6.45, 7) is 4.15. The monoisotopic (exact) mass is 239 g/mol. The average Bonchev–Trinajstić information content (AvgIpc) is 3.00. The summed E-state index contributed by atoms with van der Waals surface area (Å²) < 4.78 is 5.26. The molecule has 2 aliphatic rings. The zero-order valence-electron chi connectivity index (χ0n) is 9.67. The van der Waals surface area contributed by atoms with Gasteiger partial charge < -0.3 is 14.7 Å². The maximum atomic E-state index is 12.1. The Morgan fingerprint density at radius 2 is 1.94 bits per heavy atom. The van der Waals surface area contributed by atoms with Gasteiger partial charge in [0, 0.05) is 12.6 Å². The van der Waals surface area contributed by atoms with Crippen molar-refractivity contribution in [1.82, 2.24) is 4.90 Å². The summed E-state index contributed by atoms with van der Waals surface area (Å²) >= 11 is 0. The number of hydrogen-bond acceptors (Lipinski definition) is 3. The number of carbonyl (C=O) groups excluding carboxylic acids is 1. The van der Waals surface area contributed by atoms with Gasteiger partial charge >= 0.3 is 5.97 Å². The summed E-state index contributed by atoms with van der Waals surface area (Å²) in [5.41, 5.74) is 0. The van der Waals surface area contributed by atoms with Gasteiger partial charge in [0.1, 0.15) is 6.10 Å². The maximum absolute atomic E-state index is 12.1. The van der Waals surface area contributed by atoms with Crippen molar-refractivity contribution in [3.63, 3.8) is 0 Å². The Kier molecular flexibility index (Phi) is 3.47. The minimum absolute atomic E-state index is 0.0869. The first kappa shape index (κ1) is 12.1. The van der Waals surface area contributed by atoms with Crippen LogP contribution >= 0.6 is 0 Å². The molecule has 0 aromatic carbocycles. The lowest BCUT2D eigenvalue weighted by molar-refractivity contribution is -0.154. The van der Waals surface area contributed by atoms with Crippen LogP contribution in [0, 0.1) is 0 Å². The highest BCUT2D eigenvalue weighted by Crippen LogP contribution is 2.30. The molecule has 17 heavy (non-hydrogen) atoms. The number of carbonyl (C=O) groups is 2. The standard InChI is InChI=1S/C12H17NO4/c1-2-7-13(8-3-4-8)11(14)9-5-6-10(17-9)12(15)16/h2,8-10H,1,3-7H2,(H,15,16). The topological polar surface area (TPSA) is 66.8 Å². The molecule has 0 aromatic rings. The highest BCUT2D eigenvalue weighted by atomic mass is 16.5. The van der Waals surface area contributed by atoms with E-state index in [-0.39, 0.29) is 5.91 Å². The molecular weight excluding hydrogens is 222 g/mol. The molecule has 1 aliphatic heterocycles. The lowest BCUT2D eigenvalue weighted by atomic mass is 10.2. The fourth-order valence-electron chi connectivity index (χ4n) is 2.13. The second-order valence-electron chi connectivity index (χ2n) is 4.54. The number of amides is 1. The van der Waals surface area contributed by atoms with E-state index in [0.717, 1.165) is 12.8 Å². The molecule has 1 amide bonds. The van der Waals surface area contributed by atoms with Gasteiger partial charge in [0.2, 0.25) is 0 Å². The van der Waals surface area contributed by atoms with E-state index in [9.17, 15) is 9.59 Å². The van der Waals surface area contributed by atoms with Gasteiger partial charge in [-0.3, -0.25) is 4.79 Å². The molecule has 2 fully saturated rings. The minimum Gasteiger partial charge on any atom is -0.479 e. The number of ether oxygens (including phenoxy) is 1. The average molecular weight is 239 g/mol. The van der Waals surface area contributed by atoms with Crippen molar-refractivity contribution in [1.29, 1.82) is 0 Å². The van der Waals surface area contributed by atoms with E-state index in [1.54, 1.807) is 11.0 Å². The van der Waals surface area contributed by atoms with Crippen molar-refractivity contribution in [3.8, 4) is 0 Å². The summed E-state index contributed by atoms with van der Waals surface area (Å²) in [4.78, 5) is 24.6. The molecule has 5 heteroatoms. The number of carboxylic acid groups (broad SMARTS) is 1. The second-order valence-corrected chi connectivity index (χ2v) is 4.54. The minimum atomic E-state index is -0.984. The molecule has 1 N–H and O–H groups in total. The SMILES string of the molecule is C=CCN(C(=O)C1CCC(C(=O)O)O1)C1CC1. The van der Waals surface area contributed by atoms with E-state index in [4.69, 9.17) is 9.84 Å². The zero-order chi connectivity index (χ0) is 12.4. The van der Waals surface area contributed by atoms with Crippen LogP contribution < -0.4 is 0 Å². The number of rotatable bonds is 5. The summed E-state index contributed by atoms with van der Waals surface area (Å²) in [6.07, 6.45) is 3.24. The van der Waals surface area contributed by atoms with E-state index in [1.807, 2.05) is 0 Å². The predicted octanol–water partition coefficient (Wildman–Crippen LogP) is 0.796. The molecule has 2 unspecified atom stereocenters. The molecule has 5 nitrogen and oxygen atoms in total. The smallest absolute Gasteiger partial charge is 0.332 e. The quantitative estimate of drug-likeness (QED) is 0.720. The van der Waals surface area contributed by atoms with E-state index >= 15 is 0 Å². The molecule has 1 saturated carbocycles. The summed E-state index contributed by atoms with van der Waals surface area (Å²) in [5.74, 6) is -1.07. The molecule has 0 radical (unpaired) electrons. The Balaban J connectivity index is 1.94. The van der Waals surface area contributed by atoms with Crippen molar-refractivity contribution in [2.24, 2.45) is 0 Å². The second kappa shape index (κ2) is 4.87. The van der Waals surface area contributed by atoms with Crippen LogP contribution in [-0.2, 0) is 14.3 Å². The Morgan fingerprint density at radius 3 is 2.41 bits per heavy atom. The van der Waals surface area contributed by atoms with E-state index < -0.39 is 18.2 Å². The predicted molar refractivity (Wildman–Crippen MR) is 60.5 cm³/mol. The van der Waals surface area contributed by atoms with Crippen molar-refractivity contribution in [2.75, 3.05) is 6.54 Å². The molecule has 1 heterocycles. The van der Waals surface area contributed by atoms with Gasteiger partial charge in [0.05, 0.1) is 0 Å². The molecule has 94 valence electrons. The van der Waals surface area contributed by atoms with Gasteiger partial charge in [0.15, 0.2) is 6.10 Å². The van der Waals surface area contributed by atoms with Gasteiger partial charge in [0.25, 0.3) is 5.91 Å². The normalized spacial score (nSPS) is 27.8. The zero-order valence-corrected chi connectivity index (χ0v) is 9.67. The lowest BCUT2D eigenvalue weighted by Gasteiger charge is -2.23. The highest BCUT2D eigenvalue weighted by molar-refractivity contribution is 5.83. The first-order valence-electron chi connectivity index (χ1n) is 5.93. The van der Waals surface area contributed by atoms with Crippen LogP contribution in [0.4, 0.5) is 0 Å². The van der Waals surface area contributed by atoms with Crippen molar-refractivity contribution < 1.29 is 19.4 Å². The Hall–Kier alpha value is -1.36. The summed E-state index contributed by atoms with van der Waals surface area (Å²) in [6, 6.07) is 0.299. The fourth-order valence-corrected chi connectivity index (χ4v) is 2.13. The molecule has 0 bridgehead atoms. The third-order valence-corrected chi connectivity index (χ3v) is 3.17. The lowest BCUT2D eigenvalue weighted by Crippen LogP contribution is -2.41. The van der Waals surface area contributed by atoms with Crippen molar-refractivity contribution in [2.45, 2.75) is 43.9 Å². The van der Waals surface area contributed by atoms with Crippen LogP contribution in [0.5, 0.6) is 0 Å². The van der Waals surface area contributed by atoms with Crippen molar-refractivity contribution >= 4 is 11.9 Å². The fraction of sp³-hybridized carbons (Fsp3) is 0.667. The Labute approximate surface area is 100 Å². The van der Waals surface area contributed by atoms with Crippen LogP contribution in [0.2, 0.25) is 0 Å². The first-order chi connectivity index (χ1) is 8.13. The molecule has 2 atom stereocenters. The van der Waals surface area contributed by atoms with E-state index in [2.05, 4.69) is 6.58 Å². The van der Waals surface area contributed by atoms with Gasteiger partial charge in [-0.05, 0) is 25.7 Å². The van der Waals surface area contributed by atoms with Crippen LogP contribution in [0.1, 0.15) is 25.7 Å². The van der Waals surface area contributed by atoms with Crippen LogP contribution in [0.3, 0.4) is 0 Å². The number of nitrogens with zero attached hydrogens (tertiary/aromatic N) is 1. The maximum Gasteiger partial charge on any atom is 0.332 e. The molecule has 1 aliphatic carbocycles. The van der Waals surface area contributed by atoms with Crippen LogP contribution in [0.25, 0.3) is 0 Å². The number of hydrogen-bond donors (Lipinski definition) is 1. The van der Waals surface area contributed by atoms with Gasteiger partial charge in [-0.25, -0.2) is 4.79 Å². The van der Waals surface area contributed by atoms with Crippen LogP contribution in [-0.4, -0.2) is 46.7 Å². The molecule has 2 rings (SSSR count). The molecular formula is C12H17NO4. The summed E-state index contributed by atoms with van der Waals surface area (Å²) in [7, 11) is 0. The number of carboxylic acids is 1. The first-order valence-corrected chi connectivity index (χ1v) is 5.93. The molecule has 1 saturated heterocycles. The Bertz CT molecular complexity index is 337. The third-order valence-electron chi connectivity index (χ3n) is 3.17. The highest BCUT2D eigenvalue weighted by Gasteiger charge is 2.40. The molecule has 0 spiro atoms.